The Balaban J connectivity index is 1.79. The molecule has 2 aliphatic heterocycles. The fourth-order valence-corrected chi connectivity index (χ4v) is 2.74. The second-order valence-corrected chi connectivity index (χ2v) is 5.68. The molecule has 0 amide bonds. The zero-order valence-corrected chi connectivity index (χ0v) is 12.7. The molecule has 2 fully saturated rings. The van der Waals surface area contributed by atoms with E-state index in [0.717, 1.165) is 0 Å². The van der Waals surface area contributed by atoms with Crippen molar-refractivity contribution in [3.8, 4) is 0 Å². The average Bonchev–Trinajstić information content (AvgIpc) is 2.48. The molecule has 22 heavy (non-hydrogen) atoms. The van der Waals surface area contributed by atoms with Crippen molar-refractivity contribution in [3.63, 3.8) is 0 Å². The van der Waals surface area contributed by atoms with Crippen molar-refractivity contribution < 1.29 is 39.4 Å². The fraction of sp³-hybridized carbons (Fsp3) is 1.00. The minimum Gasteiger partial charge on any atom is -0.394 e. The van der Waals surface area contributed by atoms with Crippen LogP contribution in [-0.4, -0.2) is 83.3 Å². The molecule has 0 aromatic rings. The second-order valence-electron chi connectivity index (χ2n) is 5.68. The Morgan fingerprint density at radius 2 is 1.73 bits per heavy atom. The highest BCUT2D eigenvalue weighted by atomic mass is 16.7. The molecule has 7 atom stereocenters. The van der Waals surface area contributed by atoms with Gasteiger partial charge in [0.05, 0.1) is 31.5 Å². The molecule has 0 radical (unpaired) electrons. The summed E-state index contributed by atoms with van der Waals surface area (Å²) in [5, 5.41) is 38.3. The van der Waals surface area contributed by atoms with Crippen LogP contribution in [0.25, 0.3) is 0 Å². The topological polar surface area (TPSA) is 118 Å². The molecule has 2 saturated heterocycles. The van der Waals surface area contributed by atoms with Crippen molar-refractivity contribution in [1.29, 1.82) is 0 Å². The molecule has 2 heterocycles. The van der Waals surface area contributed by atoms with E-state index in [1.165, 1.54) is 0 Å². The highest BCUT2D eigenvalue weighted by Crippen LogP contribution is 2.24. The lowest BCUT2D eigenvalue weighted by Gasteiger charge is -2.37. The summed E-state index contributed by atoms with van der Waals surface area (Å²) in [5.41, 5.74) is 0. The van der Waals surface area contributed by atoms with Crippen LogP contribution < -0.4 is 0 Å². The van der Waals surface area contributed by atoms with Gasteiger partial charge < -0.3 is 39.4 Å². The molecule has 0 spiro atoms. The predicted molar refractivity (Wildman–Crippen MR) is 73.9 cm³/mol. The summed E-state index contributed by atoms with van der Waals surface area (Å²) in [6.07, 6.45) is -4.05. The number of rotatable bonds is 6. The smallest absolute Gasteiger partial charge is 0.160 e. The third kappa shape index (κ3) is 4.84. The van der Waals surface area contributed by atoms with Gasteiger partial charge in [-0.2, -0.15) is 0 Å². The number of aliphatic hydroxyl groups excluding tert-OH is 4. The number of hydrogen-bond acceptors (Lipinski definition) is 8. The monoisotopic (exact) mass is 322 g/mol. The predicted octanol–water partition coefficient (Wildman–Crippen LogP) is -1.27. The van der Waals surface area contributed by atoms with Crippen LogP contribution in [0.1, 0.15) is 26.2 Å². The van der Waals surface area contributed by atoms with Crippen molar-refractivity contribution in [2.75, 3.05) is 19.8 Å². The van der Waals surface area contributed by atoms with Gasteiger partial charge in [-0.1, -0.05) is 0 Å². The molecule has 0 saturated carbocycles. The molecule has 0 aromatic heterocycles. The van der Waals surface area contributed by atoms with E-state index in [4.69, 9.17) is 24.1 Å². The lowest BCUT2D eigenvalue weighted by atomic mass is 10.0. The van der Waals surface area contributed by atoms with Crippen molar-refractivity contribution in [3.05, 3.63) is 0 Å². The standard InChI is InChI=1S/C14H26O8/c1-2-19-12-4-8(16)3-9(21-12)7-20-13-5-10(17)14(18)11(6-15)22-13/h8-18H,2-7H2,1H3/t8?,9?,10-,11?,12?,13+,14+/m1/s1. The van der Waals surface area contributed by atoms with Gasteiger partial charge in [0.25, 0.3) is 0 Å². The van der Waals surface area contributed by atoms with Crippen molar-refractivity contribution in [2.24, 2.45) is 0 Å². The van der Waals surface area contributed by atoms with E-state index >= 15 is 0 Å². The van der Waals surface area contributed by atoms with E-state index in [9.17, 15) is 15.3 Å². The minimum atomic E-state index is -1.13. The minimum absolute atomic E-state index is 0.113. The van der Waals surface area contributed by atoms with E-state index in [2.05, 4.69) is 0 Å². The van der Waals surface area contributed by atoms with E-state index in [1.54, 1.807) is 0 Å². The quantitative estimate of drug-likeness (QED) is 0.478. The van der Waals surface area contributed by atoms with Crippen LogP contribution in [0.4, 0.5) is 0 Å². The first-order valence-electron chi connectivity index (χ1n) is 7.72. The molecule has 4 N–H and O–H groups in total. The molecule has 8 nitrogen and oxygen atoms in total. The van der Waals surface area contributed by atoms with Gasteiger partial charge >= 0.3 is 0 Å². The van der Waals surface area contributed by atoms with Crippen LogP contribution in [0.2, 0.25) is 0 Å². The maximum Gasteiger partial charge on any atom is 0.160 e. The Kier molecular flexibility index (Phi) is 6.97. The van der Waals surface area contributed by atoms with Gasteiger partial charge in [0.2, 0.25) is 0 Å². The SMILES string of the molecule is CCOC1CC(O)CC(CO[C@@H]2C[C@@H](O)[C@H](O)C(CO)O2)O1. The van der Waals surface area contributed by atoms with Crippen LogP contribution in [0.3, 0.4) is 0 Å². The molecular weight excluding hydrogens is 296 g/mol. The zero-order valence-electron chi connectivity index (χ0n) is 12.7. The summed E-state index contributed by atoms with van der Waals surface area (Å²) in [4.78, 5) is 0. The van der Waals surface area contributed by atoms with Crippen LogP contribution in [0.5, 0.6) is 0 Å². The summed E-state index contributed by atoms with van der Waals surface area (Å²) in [5.74, 6) is 0. The molecule has 0 aliphatic carbocycles. The van der Waals surface area contributed by atoms with Gasteiger partial charge in [0.15, 0.2) is 12.6 Å². The normalized spacial score (nSPS) is 43.2. The molecule has 8 heteroatoms. The van der Waals surface area contributed by atoms with Crippen LogP contribution in [0, 0.1) is 0 Å². The summed E-state index contributed by atoms with van der Waals surface area (Å²) in [7, 11) is 0. The lowest BCUT2D eigenvalue weighted by Crippen LogP contribution is -2.51. The van der Waals surface area contributed by atoms with Gasteiger partial charge in [-0.05, 0) is 6.92 Å². The Labute approximate surface area is 129 Å². The van der Waals surface area contributed by atoms with Crippen LogP contribution in [0.15, 0.2) is 0 Å². The molecule has 130 valence electrons. The summed E-state index contributed by atoms with van der Waals surface area (Å²) in [6.45, 7) is 2.13. The van der Waals surface area contributed by atoms with Crippen molar-refractivity contribution >= 4 is 0 Å². The first-order valence-corrected chi connectivity index (χ1v) is 7.72. The third-order valence-corrected chi connectivity index (χ3v) is 3.88. The van der Waals surface area contributed by atoms with E-state index < -0.39 is 43.6 Å². The third-order valence-electron chi connectivity index (χ3n) is 3.88. The maximum absolute atomic E-state index is 9.82. The molecular formula is C14H26O8. The molecule has 2 aliphatic rings. The molecule has 0 bridgehead atoms. The number of ether oxygens (including phenoxy) is 4. The second kappa shape index (κ2) is 8.51. The highest BCUT2D eigenvalue weighted by Gasteiger charge is 2.37. The maximum atomic E-state index is 9.82. The van der Waals surface area contributed by atoms with Gasteiger partial charge in [-0.3, -0.25) is 0 Å². The first-order chi connectivity index (χ1) is 10.5. The Hall–Kier alpha value is -0.320. The summed E-state index contributed by atoms with van der Waals surface area (Å²) >= 11 is 0. The average molecular weight is 322 g/mol. The summed E-state index contributed by atoms with van der Waals surface area (Å²) < 4.78 is 22.0. The Morgan fingerprint density at radius 1 is 1.00 bits per heavy atom. The Bertz CT molecular complexity index is 328. The van der Waals surface area contributed by atoms with Crippen molar-refractivity contribution in [2.45, 2.75) is 69.3 Å². The first kappa shape index (κ1) is 18.0. The van der Waals surface area contributed by atoms with Gasteiger partial charge in [-0.25, -0.2) is 0 Å². The van der Waals surface area contributed by atoms with E-state index in [-0.39, 0.29) is 19.1 Å². The van der Waals surface area contributed by atoms with Gasteiger partial charge in [-0.15, -0.1) is 0 Å². The van der Waals surface area contributed by atoms with E-state index in [1.807, 2.05) is 6.92 Å². The largest absolute Gasteiger partial charge is 0.394 e. The van der Waals surface area contributed by atoms with Crippen molar-refractivity contribution in [1.82, 2.24) is 0 Å². The number of hydrogen-bond donors (Lipinski definition) is 4. The molecule has 4 unspecified atom stereocenters. The Morgan fingerprint density at radius 3 is 2.41 bits per heavy atom. The van der Waals surface area contributed by atoms with Crippen LogP contribution in [-0.2, 0) is 18.9 Å². The summed E-state index contributed by atoms with van der Waals surface area (Å²) in [6, 6.07) is 0. The number of aliphatic hydroxyl groups is 4. The van der Waals surface area contributed by atoms with Gasteiger partial charge in [0.1, 0.15) is 12.2 Å². The van der Waals surface area contributed by atoms with Crippen LogP contribution >= 0.6 is 0 Å². The van der Waals surface area contributed by atoms with Gasteiger partial charge in [0, 0.05) is 25.9 Å². The molecule has 0 aromatic carbocycles. The highest BCUT2D eigenvalue weighted by molar-refractivity contribution is 4.82. The fourth-order valence-electron chi connectivity index (χ4n) is 2.74. The molecule has 2 rings (SSSR count). The lowest BCUT2D eigenvalue weighted by molar-refractivity contribution is -0.277. The zero-order chi connectivity index (χ0) is 16.1. The van der Waals surface area contributed by atoms with E-state index in [0.29, 0.717) is 19.4 Å².